The van der Waals surface area contributed by atoms with Gasteiger partial charge in [0.2, 0.25) is 0 Å². The lowest BCUT2D eigenvalue weighted by Crippen LogP contribution is -2.35. The van der Waals surface area contributed by atoms with Gasteiger partial charge in [-0.1, -0.05) is 25.8 Å². The second-order valence-electron chi connectivity index (χ2n) is 5.28. The van der Waals surface area contributed by atoms with E-state index < -0.39 is 0 Å². The summed E-state index contributed by atoms with van der Waals surface area (Å²) in [5, 5.41) is 5.84. The fraction of sp³-hybridized carbons (Fsp3) is 0.714. The molecule has 3 unspecified atom stereocenters. The molecule has 1 aliphatic carbocycles. The van der Waals surface area contributed by atoms with E-state index in [1.54, 1.807) is 0 Å². The Balaban J connectivity index is 1.76. The Labute approximate surface area is 103 Å². The molecule has 1 heterocycles. The first-order valence-electron chi connectivity index (χ1n) is 6.51. The van der Waals surface area contributed by atoms with Crippen molar-refractivity contribution in [3.05, 3.63) is 22.4 Å². The van der Waals surface area contributed by atoms with Gasteiger partial charge in [-0.2, -0.15) is 0 Å². The Morgan fingerprint density at radius 2 is 2.38 bits per heavy atom. The summed E-state index contributed by atoms with van der Waals surface area (Å²) in [7, 11) is 0. The Bertz CT molecular complexity index is 294. The van der Waals surface area contributed by atoms with Gasteiger partial charge in [0.25, 0.3) is 0 Å². The highest BCUT2D eigenvalue weighted by Gasteiger charge is 2.23. The standard InChI is InChI=1S/C14H23NS/c1-11-5-3-6-13(9-11)12(2)15-10-14-7-4-8-16-14/h4,7-8,11-13,15H,3,5-6,9-10H2,1-2H3. The molecule has 0 aromatic carbocycles. The van der Waals surface area contributed by atoms with Crippen molar-refractivity contribution in [2.45, 2.75) is 52.1 Å². The summed E-state index contributed by atoms with van der Waals surface area (Å²) in [5.74, 6) is 1.83. The molecule has 3 atom stereocenters. The first-order valence-corrected chi connectivity index (χ1v) is 7.39. The normalized spacial score (nSPS) is 27.9. The number of rotatable bonds is 4. The van der Waals surface area contributed by atoms with Gasteiger partial charge in [-0.25, -0.2) is 0 Å². The van der Waals surface area contributed by atoms with Crippen molar-refractivity contribution in [1.29, 1.82) is 0 Å². The lowest BCUT2D eigenvalue weighted by atomic mass is 9.79. The second kappa shape index (κ2) is 5.83. The molecule has 0 radical (unpaired) electrons. The van der Waals surface area contributed by atoms with Gasteiger partial charge >= 0.3 is 0 Å². The van der Waals surface area contributed by atoms with E-state index in [-0.39, 0.29) is 0 Å². The Hall–Kier alpha value is -0.340. The Morgan fingerprint density at radius 1 is 1.50 bits per heavy atom. The first-order chi connectivity index (χ1) is 7.75. The van der Waals surface area contributed by atoms with Gasteiger partial charge in [0, 0.05) is 17.5 Å². The highest BCUT2D eigenvalue weighted by Crippen LogP contribution is 2.30. The van der Waals surface area contributed by atoms with E-state index in [0.29, 0.717) is 6.04 Å². The van der Waals surface area contributed by atoms with Gasteiger partial charge < -0.3 is 5.32 Å². The van der Waals surface area contributed by atoms with Crippen molar-refractivity contribution < 1.29 is 0 Å². The fourth-order valence-electron chi connectivity index (χ4n) is 2.78. The first kappa shape index (κ1) is 12.1. The van der Waals surface area contributed by atoms with Crippen LogP contribution < -0.4 is 5.32 Å². The molecule has 16 heavy (non-hydrogen) atoms. The molecule has 0 bridgehead atoms. The minimum Gasteiger partial charge on any atom is -0.309 e. The van der Waals surface area contributed by atoms with E-state index in [1.807, 2.05) is 11.3 Å². The lowest BCUT2D eigenvalue weighted by molar-refractivity contribution is 0.231. The third-order valence-electron chi connectivity index (χ3n) is 3.86. The highest BCUT2D eigenvalue weighted by atomic mass is 32.1. The number of nitrogens with one attached hydrogen (secondary N) is 1. The van der Waals surface area contributed by atoms with Gasteiger partial charge in [-0.3, -0.25) is 0 Å². The summed E-state index contributed by atoms with van der Waals surface area (Å²) in [6.07, 6.45) is 5.70. The molecule has 2 heteroatoms. The Kier molecular flexibility index (Phi) is 4.42. The molecule has 1 aromatic rings. The summed E-state index contributed by atoms with van der Waals surface area (Å²) < 4.78 is 0. The maximum atomic E-state index is 3.69. The number of hydrogen-bond acceptors (Lipinski definition) is 2. The summed E-state index contributed by atoms with van der Waals surface area (Å²) in [4.78, 5) is 1.45. The molecule has 1 N–H and O–H groups in total. The zero-order valence-corrected chi connectivity index (χ0v) is 11.2. The molecule has 2 rings (SSSR count). The van der Waals surface area contributed by atoms with Crippen molar-refractivity contribution in [2.24, 2.45) is 11.8 Å². The van der Waals surface area contributed by atoms with Gasteiger partial charge in [0.1, 0.15) is 0 Å². The van der Waals surface area contributed by atoms with Crippen LogP contribution in [0.2, 0.25) is 0 Å². The predicted molar refractivity (Wildman–Crippen MR) is 71.7 cm³/mol. The summed E-state index contributed by atoms with van der Waals surface area (Å²) in [6, 6.07) is 5.02. The number of hydrogen-bond donors (Lipinski definition) is 1. The van der Waals surface area contributed by atoms with Crippen molar-refractivity contribution in [2.75, 3.05) is 0 Å². The van der Waals surface area contributed by atoms with Crippen LogP contribution in [-0.2, 0) is 6.54 Å². The van der Waals surface area contributed by atoms with Crippen LogP contribution in [0.4, 0.5) is 0 Å². The number of thiophene rings is 1. The summed E-state index contributed by atoms with van der Waals surface area (Å²) in [6.45, 7) is 5.80. The Morgan fingerprint density at radius 3 is 3.06 bits per heavy atom. The van der Waals surface area contributed by atoms with Crippen LogP contribution in [0.25, 0.3) is 0 Å². The highest BCUT2D eigenvalue weighted by molar-refractivity contribution is 7.09. The lowest BCUT2D eigenvalue weighted by Gasteiger charge is -2.31. The van der Waals surface area contributed by atoms with E-state index >= 15 is 0 Å². The SMILES string of the molecule is CC1CCCC(C(C)NCc2cccs2)C1. The quantitative estimate of drug-likeness (QED) is 0.833. The maximum Gasteiger partial charge on any atom is 0.0302 e. The van der Waals surface area contributed by atoms with Crippen LogP contribution >= 0.6 is 11.3 Å². The monoisotopic (exact) mass is 237 g/mol. The van der Waals surface area contributed by atoms with Crippen molar-refractivity contribution in [3.63, 3.8) is 0 Å². The minimum absolute atomic E-state index is 0.671. The van der Waals surface area contributed by atoms with Crippen LogP contribution in [0, 0.1) is 11.8 Å². The molecule has 1 saturated carbocycles. The summed E-state index contributed by atoms with van der Waals surface area (Å²) >= 11 is 1.85. The molecule has 0 spiro atoms. The van der Waals surface area contributed by atoms with E-state index in [9.17, 15) is 0 Å². The van der Waals surface area contributed by atoms with Crippen LogP contribution in [0.5, 0.6) is 0 Å². The molecule has 1 aromatic heterocycles. The second-order valence-corrected chi connectivity index (χ2v) is 6.31. The molecule has 1 nitrogen and oxygen atoms in total. The minimum atomic E-state index is 0.671. The van der Waals surface area contributed by atoms with Crippen molar-refractivity contribution >= 4 is 11.3 Å². The van der Waals surface area contributed by atoms with Crippen molar-refractivity contribution in [3.8, 4) is 0 Å². The average molecular weight is 237 g/mol. The van der Waals surface area contributed by atoms with E-state index in [1.165, 1.54) is 30.6 Å². The predicted octanol–water partition coefficient (Wildman–Crippen LogP) is 4.05. The average Bonchev–Trinajstić information content (AvgIpc) is 2.78. The molecule has 1 fully saturated rings. The van der Waals surface area contributed by atoms with Crippen LogP contribution in [0.3, 0.4) is 0 Å². The summed E-state index contributed by atoms with van der Waals surface area (Å²) in [5.41, 5.74) is 0. The third-order valence-corrected chi connectivity index (χ3v) is 4.74. The van der Waals surface area contributed by atoms with E-state index in [4.69, 9.17) is 0 Å². The molecule has 0 saturated heterocycles. The smallest absolute Gasteiger partial charge is 0.0302 e. The molecule has 0 aliphatic heterocycles. The maximum absolute atomic E-state index is 3.69. The van der Waals surface area contributed by atoms with Crippen LogP contribution in [0.15, 0.2) is 17.5 Å². The van der Waals surface area contributed by atoms with Crippen LogP contribution in [-0.4, -0.2) is 6.04 Å². The van der Waals surface area contributed by atoms with Crippen molar-refractivity contribution in [1.82, 2.24) is 5.32 Å². The van der Waals surface area contributed by atoms with E-state index in [0.717, 1.165) is 18.4 Å². The van der Waals surface area contributed by atoms with Gasteiger partial charge in [-0.05, 0) is 43.0 Å². The zero-order valence-electron chi connectivity index (χ0n) is 10.4. The molecular weight excluding hydrogens is 214 g/mol. The molecule has 1 aliphatic rings. The zero-order chi connectivity index (χ0) is 11.4. The fourth-order valence-corrected chi connectivity index (χ4v) is 3.43. The van der Waals surface area contributed by atoms with Gasteiger partial charge in [-0.15, -0.1) is 11.3 Å². The largest absolute Gasteiger partial charge is 0.309 e. The van der Waals surface area contributed by atoms with Gasteiger partial charge in [0.05, 0.1) is 0 Å². The molecule has 0 amide bonds. The third kappa shape index (κ3) is 3.33. The molecule has 90 valence electrons. The van der Waals surface area contributed by atoms with Crippen LogP contribution in [0.1, 0.15) is 44.4 Å². The molecular formula is C14H23NS. The van der Waals surface area contributed by atoms with E-state index in [2.05, 4.69) is 36.7 Å². The van der Waals surface area contributed by atoms with Gasteiger partial charge in [0.15, 0.2) is 0 Å². The topological polar surface area (TPSA) is 12.0 Å².